The topological polar surface area (TPSA) is 66.5 Å². The second-order valence-corrected chi connectivity index (χ2v) is 10.9. The minimum atomic E-state index is -4.68. The summed E-state index contributed by atoms with van der Waals surface area (Å²) >= 11 is 5.95. The maximum Gasteiger partial charge on any atom is 0.416 e. The summed E-state index contributed by atoms with van der Waals surface area (Å²) in [5.74, 6) is -0.645. The third-order valence-electron chi connectivity index (χ3n) is 3.68. The summed E-state index contributed by atoms with van der Waals surface area (Å²) in [4.78, 5) is 12.5. The Morgan fingerprint density at radius 1 is 1.14 bits per heavy atom. The molecular weight excluding hydrogens is 417 g/mol. The lowest BCUT2D eigenvalue weighted by molar-refractivity contribution is -0.137. The van der Waals surface area contributed by atoms with Gasteiger partial charge in [-0.05, 0) is 43.9 Å². The van der Waals surface area contributed by atoms with Crippen LogP contribution in [0, 0.1) is 5.41 Å². The number of benzene rings is 1. The first-order chi connectivity index (χ1) is 12.3. The Morgan fingerprint density at radius 2 is 1.68 bits per heavy atom. The van der Waals surface area contributed by atoms with Crippen LogP contribution in [0.5, 0.6) is 0 Å². The van der Waals surface area contributed by atoms with E-state index in [0.29, 0.717) is 16.8 Å². The Balaban J connectivity index is 3.21. The molecule has 0 aliphatic heterocycles. The molecule has 10 heteroatoms. The van der Waals surface area contributed by atoms with E-state index in [9.17, 15) is 26.4 Å². The van der Waals surface area contributed by atoms with Crippen LogP contribution in [-0.4, -0.2) is 32.7 Å². The van der Waals surface area contributed by atoms with Crippen molar-refractivity contribution in [2.24, 2.45) is 5.41 Å². The van der Waals surface area contributed by atoms with Crippen LogP contribution in [0.3, 0.4) is 0 Å². The highest BCUT2D eigenvalue weighted by Crippen LogP contribution is 2.36. The van der Waals surface area contributed by atoms with E-state index < -0.39 is 45.4 Å². The number of anilines is 1. The highest BCUT2D eigenvalue weighted by Gasteiger charge is 2.34. The average molecular weight is 443 g/mol. The van der Waals surface area contributed by atoms with Crippen molar-refractivity contribution in [3.05, 3.63) is 28.8 Å². The molecule has 1 aromatic carbocycles. The number of carbonyl (C=O) groups excluding carboxylic acids is 1. The average Bonchev–Trinajstić information content (AvgIpc) is 2.39. The Labute approximate surface area is 169 Å². The summed E-state index contributed by atoms with van der Waals surface area (Å²) in [6.45, 7) is 8.87. The number of halogens is 4. The van der Waals surface area contributed by atoms with Crippen LogP contribution in [0.15, 0.2) is 18.2 Å². The smallest absolute Gasteiger partial charge is 0.350 e. The van der Waals surface area contributed by atoms with Crippen molar-refractivity contribution >= 4 is 33.2 Å². The van der Waals surface area contributed by atoms with Crippen LogP contribution in [0.1, 0.15) is 46.6 Å². The van der Waals surface area contributed by atoms with Gasteiger partial charge in [-0.3, -0.25) is 9.10 Å². The lowest BCUT2D eigenvalue weighted by Gasteiger charge is -2.34. The minimum Gasteiger partial charge on any atom is -0.350 e. The number of hydrogen-bond donors (Lipinski definition) is 1. The van der Waals surface area contributed by atoms with E-state index in [1.807, 2.05) is 20.8 Å². The number of nitrogens with one attached hydrogen (secondary N) is 1. The largest absolute Gasteiger partial charge is 0.416 e. The molecule has 0 unspecified atom stereocenters. The molecule has 1 aromatic rings. The lowest BCUT2D eigenvalue weighted by atomic mass is 9.82. The van der Waals surface area contributed by atoms with Crippen molar-refractivity contribution in [1.29, 1.82) is 0 Å². The van der Waals surface area contributed by atoms with E-state index in [0.717, 1.165) is 18.4 Å². The van der Waals surface area contributed by atoms with Crippen LogP contribution < -0.4 is 9.62 Å². The SMILES string of the molecule is CC(C)(C)CC(C)(C)NC(=O)CN(c1cc(C(F)(F)F)ccc1Cl)S(C)(=O)=O. The fourth-order valence-corrected chi connectivity index (χ4v) is 4.31. The van der Waals surface area contributed by atoms with Crippen LogP contribution in [0.25, 0.3) is 0 Å². The van der Waals surface area contributed by atoms with Crippen molar-refractivity contribution in [3.63, 3.8) is 0 Å². The molecule has 1 rings (SSSR count). The molecule has 5 nitrogen and oxygen atoms in total. The van der Waals surface area contributed by atoms with E-state index in [-0.39, 0.29) is 10.4 Å². The minimum absolute atomic E-state index is 0.0996. The Hall–Kier alpha value is -1.48. The fraction of sp³-hybridized carbons (Fsp3) is 0.611. The second kappa shape index (κ2) is 8.10. The second-order valence-electron chi connectivity index (χ2n) is 8.60. The summed E-state index contributed by atoms with van der Waals surface area (Å²) in [7, 11) is -4.07. The molecule has 0 aliphatic carbocycles. The van der Waals surface area contributed by atoms with Gasteiger partial charge in [0.2, 0.25) is 15.9 Å². The van der Waals surface area contributed by atoms with Gasteiger partial charge in [-0.1, -0.05) is 32.4 Å². The first kappa shape index (κ1) is 24.6. The molecule has 0 aliphatic rings. The Morgan fingerprint density at radius 3 is 2.11 bits per heavy atom. The Bertz CT molecular complexity index is 831. The monoisotopic (exact) mass is 442 g/mol. The zero-order chi connectivity index (χ0) is 22.1. The van der Waals surface area contributed by atoms with Gasteiger partial charge >= 0.3 is 6.18 Å². The molecule has 0 bridgehead atoms. The van der Waals surface area contributed by atoms with Gasteiger partial charge in [0.25, 0.3) is 0 Å². The van der Waals surface area contributed by atoms with Gasteiger partial charge in [0.1, 0.15) is 6.54 Å². The summed E-state index contributed by atoms with van der Waals surface area (Å²) in [6.07, 6.45) is -3.27. The predicted molar refractivity (Wildman–Crippen MR) is 105 cm³/mol. The molecule has 1 amide bonds. The number of sulfonamides is 1. The highest BCUT2D eigenvalue weighted by molar-refractivity contribution is 7.92. The summed E-state index contributed by atoms with van der Waals surface area (Å²) in [5, 5.41) is 2.53. The van der Waals surface area contributed by atoms with Crippen molar-refractivity contribution < 1.29 is 26.4 Å². The quantitative estimate of drug-likeness (QED) is 0.707. The first-order valence-electron chi connectivity index (χ1n) is 8.47. The Kier molecular flexibility index (Phi) is 7.11. The normalized spacial score (nSPS) is 13.4. The van der Waals surface area contributed by atoms with E-state index in [2.05, 4.69) is 5.32 Å². The third-order valence-corrected chi connectivity index (χ3v) is 5.13. The van der Waals surface area contributed by atoms with Gasteiger partial charge in [-0.25, -0.2) is 8.42 Å². The van der Waals surface area contributed by atoms with Crippen molar-refractivity contribution in [2.45, 2.75) is 52.8 Å². The van der Waals surface area contributed by atoms with Gasteiger partial charge in [-0.2, -0.15) is 13.2 Å². The van der Waals surface area contributed by atoms with Crippen LogP contribution in [-0.2, 0) is 21.0 Å². The fourth-order valence-electron chi connectivity index (χ4n) is 3.18. The molecule has 0 spiro atoms. The van der Waals surface area contributed by atoms with Gasteiger partial charge in [0.15, 0.2) is 0 Å². The number of alkyl halides is 3. The van der Waals surface area contributed by atoms with E-state index in [4.69, 9.17) is 11.6 Å². The molecule has 0 saturated heterocycles. The van der Waals surface area contributed by atoms with E-state index in [1.54, 1.807) is 13.8 Å². The number of nitrogens with zero attached hydrogens (tertiary/aromatic N) is 1. The van der Waals surface area contributed by atoms with Crippen molar-refractivity contribution in [1.82, 2.24) is 5.32 Å². The number of rotatable bonds is 6. The lowest BCUT2D eigenvalue weighted by Crippen LogP contribution is -2.50. The van der Waals surface area contributed by atoms with Gasteiger partial charge in [0.05, 0.1) is 22.5 Å². The standard InChI is InChI=1S/C18H26ClF3N2O3S/c1-16(2,3)11-17(4,5)23-15(25)10-24(28(6,26)27)14-9-12(18(20,21)22)7-8-13(14)19/h7-9H,10-11H2,1-6H3,(H,23,25). The predicted octanol–water partition coefficient (Wildman–Crippen LogP) is 4.46. The molecule has 0 heterocycles. The number of carbonyl (C=O) groups is 1. The zero-order valence-electron chi connectivity index (χ0n) is 16.7. The number of hydrogen-bond acceptors (Lipinski definition) is 3. The molecule has 0 radical (unpaired) electrons. The molecule has 160 valence electrons. The van der Waals surface area contributed by atoms with Crippen LogP contribution in [0.4, 0.5) is 18.9 Å². The van der Waals surface area contributed by atoms with Gasteiger partial charge < -0.3 is 5.32 Å². The summed E-state index contributed by atoms with van der Waals surface area (Å²) in [6, 6.07) is 2.33. The molecule has 1 N–H and O–H groups in total. The number of amides is 1. The van der Waals surface area contributed by atoms with E-state index in [1.165, 1.54) is 0 Å². The first-order valence-corrected chi connectivity index (χ1v) is 10.7. The molecule has 0 saturated carbocycles. The van der Waals surface area contributed by atoms with Crippen LogP contribution >= 0.6 is 11.6 Å². The van der Waals surface area contributed by atoms with Gasteiger partial charge in [-0.15, -0.1) is 0 Å². The van der Waals surface area contributed by atoms with Gasteiger partial charge in [0, 0.05) is 5.54 Å². The molecule has 0 atom stereocenters. The molecular formula is C18H26ClF3N2O3S. The molecule has 0 fully saturated rings. The highest BCUT2D eigenvalue weighted by atomic mass is 35.5. The van der Waals surface area contributed by atoms with Crippen LogP contribution in [0.2, 0.25) is 5.02 Å². The molecule has 28 heavy (non-hydrogen) atoms. The van der Waals surface area contributed by atoms with Crippen molar-refractivity contribution in [2.75, 3.05) is 17.1 Å². The maximum atomic E-state index is 13.0. The molecule has 0 aromatic heterocycles. The maximum absolute atomic E-state index is 13.0. The van der Waals surface area contributed by atoms with Crippen molar-refractivity contribution in [3.8, 4) is 0 Å². The van der Waals surface area contributed by atoms with E-state index >= 15 is 0 Å². The third kappa shape index (κ3) is 7.50. The summed E-state index contributed by atoms with van der Waals surface area (Å²) < 4.78 is 64.0. The summed E-state index contributed by atoms with van der Waals surface area (Å²) in [5.41, 5.74) is -2.20. The zero-order valence-corrected chi connectivity index (χ0v) is 18.3.